The molecule has 0 aliphatic carbocycles. The molecule has 1 N–H and O–H groups in total. The van der Waals surface area contributed by atoms with Crippen molar-refractivity contribution < 1.29 is 22.7 Å². The normalized spacial score (nSPS) is 11.9. The summed E-state index contributed by atoms with van der Waals surface area (Å²) < 4.78 is 32.2. The van der Waals surface area contributed by atoms with Gasteiger partial charge in [-0.25, -0.2) is 8.42 Å². The Morgan fingerprint density at radius 3 is 2.30 bits per heavy atom. The fraction of sp³-hybridized carbons (Fsp3) is 0.355. The van der Waals surface area contributed by atoms with Crippen LogP contribution in [-0.2, 0) is 32.6 Å². The van der Waals surface area contributed by atoms with Gasteiger partial charge < -0.3 is 15.0 Å². The number of amides is 2. The molecule has 8 nitrogen and oxygen atoms in total. The number of hydrogen-bond donors (Lipinski definition) is 1. The highest BCUT2D eigenvalue weighted by Crippen LogP contribution is 2.22. The van der Waals surface area contributed by atoms with Gasteiger partial charge in [0.2, 0.25) is 21.8 Å². The Hall–Kier alpha value is -3.85. The van der Waals surface area contributed by atoms with E-state index in [-0.39, 0.29) is 18.9 Å². The fourth-order valence-corrected chi connectivity index (χ4v) is 5.27. The number of anilines is 1. The summed E-state index contributed by atoms with van der Waals surface area (Å²) in [7, 11) is -2.24. The van der Waals surface area contributed by atoms with Gasteiger partial charge in [-0.05, 0) is 54.3 Å². The molecule has 0 spiro atoms. The Kier molecular flexibility index (Phi) is 11.1. The Morgan fingerprint density at radius 1 is 0.950 bits per heavy atom. The minimum atomic E-state index is -3.80. The van der Waals surface area contributed by atoms with Gasteiger partial charge in [0.05, 0.1) is 19.1 Å². The van der Waals surface area contributed by atoms with Crippen molar-refractivity contribution >= 4 is 27.5 Å². The molecule has 0 unspecified atom stereocenters. The molecule has 0 saturated heterocycles. The van der Waals surface area contributed by atoms with Gasteiger partial charge in [-0.15, -0.1) is 0 Å². The van der Waals surface area contributed by atoms with Gasteiger partial charge in [-0.3, -0.25) is 13.9 Å². The van der Waals surface area contributed by atoms with Crippen LogP contribution >= 0.6 is 0 Å². The van der Waals surface area contributed by atoms with Gasteiger partial charge >= 0.3 is 0 Å². The number of rotatable bonds is 14. The first-order valence-corrected chi connectivity index (χ1v) is 15.3. The van der Waals surface area contributed by atoms with Gasteiger partial charge in [-0.1, -0.05) is 67.9 Å². The van der Waals surface area contributed by atoms with E-state index in [0.717, 1.165) is 40.1 Å². The predicted octanol–water partition coefficient (Wildman–Crippen LogP) is 4.33. The lowest BCUT2D eigenvalue weighted by atomic mass is 10.0. The summed E-state index contributed by atoms with van der Waals surface area (Å²) >= 11 is 0. The van der Waals surface area contributed by atoms with Crippen LogP contribution in [0.2, 0.25) is 0 Å². The summed E-state index contributed by atoms with van der Waals surface area (Å²) in [5.74, 6) is -0.147. The van der Waals surface area contributed by atoms with E-state index < -0.39 is 28.5 Å². The minimum absolute atomic E-state index is 0.0974. The molecule has 0 radical (unpaired) electrons. The van der Waals surface area contributed by atoms with Crippen LogP contribution in [0.15, 0.2) is 78.9 Å². The van der Waals surface area contributed by atoms with Crippen LogP contribution in [0.25, 0.3) is 0 Å². The zero-order valence-electron chi connectivity index (χ0n) is 23.7. The number of carbonyl (C=O) groups excluding carboxylic acids is 2. The largest absolute Gasteiger partial charge is 0.497 e. The number of nitrogens with one attached hydrogen (secondary N) is 1. The number of methoxy groups -OCH3 is 1. The van der Waals surface area contributed by atoms with Crippen molar-refractivity contribution in [1.82, 2.24) is 10.2 Å². The summed E-state index contributed by atoms with van der Waals surface area (Å²) in [4.78, 5) is 29.2. The highest BCUT2D eigenvalue weighted by molar-refractivity contribution is 7.92. The van der Waals surface area contributed by atoms with Gasteiger partial charge in [0.1, 0.15) is 18.3 Å². The van der Waals surface area contributed by atoms with E-state index >= 15 is 0 Å². The number of sulfonamides is 1. The molecule has 0 saturated carbocycles. The standard InChI is InChI=1S/C31H39N3O5S/c1-5-6-18-32-31(36)29(21-25-13-8-7-9-14-25)33(22-26-15-11-17-28(20-26)39-3)30(35)23-34(40(4,37)38)27-16-10-12-24(2)19-27/h7-17,19-20,29H,5-6,18,21-23H2,1-4H3,(H,32,36)/t29-/m0/s1. The minimum Gasteiger partial charge on any atom is -0.497 e. The quantitative estimate of drug-likeness (QED) is 0.294. The topological polar surface area (TPSA) is 96.0 Å². The molecule has 3 rings (SSSR count). The van der Waals surface area contributed by atoms with Crippen LogP contribution in [0.4, 0.5) is 5.69 Å². The summed E-state index contributed by atoms with van der Waals surface area (Å²) in [6, 6.07) is 22.9. The number of carbonyl (C=O) groups is 2. The smallest absolute Gasteiger partial charge is 0.244 e. The van der Waals surface area contributed by atoms with Gasteiger partial charge in [-0.2, -0.15) is 0 Å². The lowest BCUT2D eigenvalue weighted by molar-refractivity contribution is -0.140. The van der Waals surface area contributed by atoms with E-state index in [2.05, 4.69) is 5.32 Å². The molecule has 40 heavy (non-hydrogen) atoms. The first-order chi connectivity index (χ1) is 19.1. The van der Waals surface area contributed by atoms with Crippen molar-refractivity contribution in [3.8, 4) is 5.75 Å². The van der Waals surface area contributed by atoms with Crippen molar-refractivity contribution in [3.63, 3.8) is 0 Å². The van der Waals surface area contributed by atoms with Crippen molar-refractivity contribution in [2.45, 2.75) is 45.7 Å². The maximum absolute atomic E-state index is 14.1. The number of aryl methyl sites for hydroxylation is 1. The average Bonchev–Trinajstić information content (AvgIpc) is 2.93. The predicted molar refractivity (Wildman–Crippen MR) is 159 cm³/mol. The van der Waals surface area contributed by atoms with E-state index in [1.165, 1.54) is 4.90 Å². The third-order valence-electron chi connectivity index (χ3n) is 6.56. The second-order valence-corrected chi connectivity index (χ2v) is 11.7. The zero-order chi connectivity index (χ0) is 29.1. The third-order valence-corrected chi connectivity index (χ3v) is 7.70. The molecule has 3 aromatic carbocycles. The van der Waals surface area contributed by atoms with Crippen molar-refractivity contribution in [1.29, 1.82) is 0 Å². The molecule has 0 fully saturated rings. The molecule has 0 heterocycles. The number of benzene rings is 3. The Bertz CT molecular complexity index is 1380. The lowest BCUT2D eigenvalue weighted by Gasteiger charge is -2.33. The number of ether oxygens (including phenoxy) is 1. The first-order valence-electron chi connectivity index (χ1n) is 13.4. The van der Waals surface area contributed by atoms with Gasteiger partial charge in [0, 0.05) is 19.5 Å². The molecule has 0 aliphatic heterocycles. The zero-order valence-corrected chi connectivity index (χ0v) is 24.5. The fourth-order valence-electron chi connectivity index (χ4n) is 4.42. The van der Waals surface area contributed by atoms with E-state index in [0.29, 0.717) is 18.0 Å². The van der Waals surface area contributed by atoms with Crippen LogP contribution in [-0.4, -0.2) is 57.6 Å². The second-order valence-electron chi connectivity index (χ2n) is 9.83. The van der Waals surface area contributed by atoms with Crippen LogP contribution in [0, 0.1) is 6.92 Å². The molecule has 2 amide bonds. The highest BCUT2D eigenvalue weighted by Gasteiger charge is 2.33. The summed E-state index contributed by atoms with van der Waals surface area (Å²) in [6.07, 6.45) is 3.07. The molecular formula is C31H39N3O5S. The molecule has 0 bridgehead atoms. The van der Waals surface area contributed by atoms with Gasteiger partial charge in [0.25, 0.3) is 0 Å². The lowest BCUT2D eigenvalue weighted by Crippen LogP contribution is -2.53. The average molecular weight is 566 g/mol. The van der Waals surface area contributed by atoms with E-state index in [9.17, 15) is 18.0 Å². The molecule has 0 aromatic heterocycles. The third kappa shape index (κ3) is 8.84. The number of hydrogen-bond acceptors (Lipinski definition) is 5. The first kappa shape index (κ1) is 30.7. The molecule has 0 aliphatic rings. The van der Waals surface area contributed by atoms with E-state index in [1.54, 1.807) is 31.4 Å². The second kappa shape index (κ2) is 14.5. The van der Waals surface area contributed by atoms with Crippen LogP contribution in [0.1, 0.15) is 36.5 Å². The highest BCUT2D eigenvalue weighted by atomic mass is 32.2. The Balaban J connectivity index is 2.04. The molecule has 1 atom stereocenters. The van der Waals surface area contributed by atoms with Crippen molar-refractivity contribution in [2.75, 3.05) is 30.8 Å². The maximum atomic E-state index is 14.1. The summed E-state index contributed by atoms with van der Waals surface area (Å²) in [5.41, 5.74) is 2.90. The van der Waals surface area contributed by atoms with Crippen molar-refractivity contribution in [2.24, 2.45) is 0 Å². The Labute approximate surface area is 238 Å². The van der Waals surface area contributed by atoms with Crippen LogP contribution in [0.5, 0.6) is 5.75 Å². The van der Waals surface area contributed by atoms with Gasteiger partial charge in [0.15, 0.2) is 0 Å². The SMILES string of the molecule is CCCCNC(=O)[C@H](Cc1ccccc1)N(Cc1cccc(OC)c1)C(=O)CN(c1cccc(C)c1)S(C)(=O)=O. The molecule has 214 valence electrons. The molecular weight excluding hydrogens is 526 g/mol. The van der Waals surface area contributed by atoms with E-state index in [1.807, 2.05) is 68.4 Å². The summed E-state index contributed by atoms with van der Waals surface area (Å²) in [5, 5.41) is 2.98. The molecule has 9 heteroatoms. The molecule has 3 aromatic rings. The number of unbranched alkanes of at least 4 members (excludes halogenated alkanes) is 1. The van der Waals surface area contributed by atoms with Crippen LogP contribution in [0.3, 0.4) is 0 Å². The van der Waals surface area contributed by atoms with Crippen LogP contribution < -0.4 is 14.4 Å². The summed E-state index contributed by atoms with van der Waals surface area (Å²) in [6.45, 7) is 4.04. The van der Waals surface area contributed by atoms with E-state index in [4.69, 9.17) is 4.74 Å². The monoisotopic (exact) mass is 565 g/mol. The maximum Gasteiger partial charge on any atom is 0.244 e. The Morgan fingerprint density at radius 2 is 1.65 bits per heavy atom. The number of nitrogens with zero attached hydrogens (tertiary/aromatic N) is 2. The van der Waals surface area contributed by atoms with Crippen molar-refractivity contribution in [3.05, 3.63) is 95.6 Å².